The van der Waals surface area contributed by atoms with Crippen molar-refractivity contribution in [2.75, 3.05) is 13.1 Å². The number of nitrogens with zero attached hydrogens (tertiary/aromatic N) is 1. The van der Waals surface area contributed by atoms with Crippen LogP contribution < -0.4 is 0 Å². The number of hydrogen-bond acceptors (Lipinski definition) is 3. The zero-order valence-electron chi connectivity index (χ0n) is 11.7. The Morgan fingerprint density at radius 2 is 1.86 bits per heavy atom. The maximum atomic E-state index is 12.6. The molecule has 0 aromatic heterocycles. The first-order chi connectivity index (χ1) is 10.2. The maximum absolute atomic E-state index is 12.6. The van der Waals surface area contributed by atoms with Gasteiger partial charge in [0, 0.05) is 29.4 Å². The topological polar surface area (TPSA) is 37.4 Å². The molecule has 0 N–H and O–H groups in total. The maximum Gasteiger partial charge on any atom is 0.471 e. The van der Waals surface area contributed by atoms with Gasteiger partial charge in [0.1, 0.15) is 0 Å². The highest BCUT2D eigenvalue weighted by Gasteiger charge is 2.42. The second-order valence-corrected chi connectivity index (χ2v) is 6.94. The quantitative estimate of drug-likeness (QED) is 0.682. The monoisotopic (exact) mass is 395 g/mol. The summed E-state index contributed by atoms with van der Waals surface area (Å²) in [7, 11) is 0. The number of rotatable bonds is 1. The van der Waals surface area contributed by atoms with Crippen LogP contribution >= 0.6 is 27.7 Å². The van der Waals surface area contributed by atoms with Crippen LogP contribution in [0, 0.1) is 0 Å². The van der Waals surface area contributed by atoms with Crippen molar-refractivity contribution in [2.45, 2.75) is 30.8 Å². The standard InChI is InChI=1S/C14H13BrF3NO2S/c1-8(20)22-12-10-5-7-19(13(21)14(16,17)18)6-4-9(10)2-3-11(12)15/h2-3H,4-7H2,1H3. The van der Waals surface area contributed by atoms with E-state index >= 15 is 0 Å². The molecule has 0 radical (unpaired) electrons. The Morgan fingerprint density at radius 3 is 2.45 bits per heavy atom. The molecule has 2 rings (SSSR count). The molecule has 1 aromatic carbocycles. The fourth-order valence-electron chi connectivity index (χ4n) is 2.40. The van der Waals surface area contributed by atoms with Gasteiger partial charge >= 0.3 is 12.1 Å². The van der Waals surface area contributed by atoms with Crippen LogP contribution in [-0.4, -0.2) is 35.2 Å². The summed E-state index contributed by atoms with van der Waals surface area (Å²) >= 11 is 4.42. The van der Waals surface area contributed by atoms with Gasteiger partial charge in [-0.15, -0.1) is 0 Å². The smallest absolute Gasteiger partial charge is 0.334 e. The van der Waals surface area contributed by atoms with E-state index in [0.717, 1.165) is 37.2 Å². The molecule has 1 amide bonds. The first-order valence-corrected chi connectivity index (χ1v) is 8.16. The van der Waals surface area contributed by atoms with Crippen molar-refractivity contribution >= 4 is 38.7 Å². The third-order valence-corrected chi connectivity index (χ3v) is 5.25. The number of hydrogen-bond donors (Lipinski definition) is 0. The lowest BCUT2D eigenvalue weighted by atomic mass is 10.0. The van der Waals surface area contributed by atoms with Gasteiger partial charge in [-0.1, -0.05) is 17.8 Å². The number of halogens is 4. The number of carbonyl (C=O) groups is 2. The Kier molecular flexibility index (Phi) is 5.21. The summed E-state index contributed by atoms with van der Waals surface area (Å²) in [5, 5.41) is -0.0958. The van der Waals surface area contributed by atoms with E-state index in [1.165, 1.54) is 6.92 Å². The first-order valence-electron chi connectivity index (χ1n) is 6.55. The fourth-order valence-corrected chi connectivity index (χ4v) is 3.82. The average molecular weight is 396 g/mol. The second kappa shape index (κ2) is 6.62. The van der Waals surface area contributed by atoms with Crippen molar-refractivity contribution < 1.29 is 22.8 Å². The number of thioether (sulfide) groups is 1. The summed E-state index contributed by atoms with van der Waals surface area (Å²) in [4.78, 5) is 24.3. The molecule has 8 heteroatoms. The van der Waals surface area contributed by atoms with E-state index in [9.17, 15) is 22.8 Å². The van der Waals surface area contributed by atoms with Gasteiger partial charge in [-0.2, -0.15) is 13.2 Å². The molecule has 22 heavy (non-hydrogen) atoms. The Balaban J connectivity index is 2.29. The van der Waals surface area contributed by atoms with Gasteiger partial charge in [0.2, 0.25) is 0 Å². The van der Waals surface area contributed by atoms with Crippen LogP contribution in [0.5, 0.6) is 0 Å². The molecule has 0 saturated carbocycles. The summed E-state index contributed by atoms with van der Waals surface area (Å²) in [6, 6.07) is 3.61. The van der Waals surface area contributed by atoms with E-state index in [1.807, 2.05) is 6.07 Å². The van der Waals surface area contributed by atoms with E-state index in [1.54, 1.807) is 6.07 Å². The first kappa shape index (κ1) is 17.3. The summed E-state index contributed by atoms with van der Waals surface area (Å²) in [6.45, 7) is 1.46. The number of carbonyl (C=O) groups excluding carboxylic acids is 2. The van der Waals surface area contributed by atoms with E-state index < -0.39 is 12.1 Å². The van der Waals surface area contributed by atoms with Crippen LogP contribution in [0.4, 0.5) is 13.2 Å². The van der Waals surface area contributed by atoms with Crippen LogP contribution in [0.25, 0.3) is 0 Å². The number of fused-ring (bicyclic) bond motifs is 1. The Bertz CT molecular complexity index is 619. The Hall–Kier alpha value is -1.02. The van der Waals surface area contributed by atoms with Crippen molar-refractivity contribution in [1.29, 1.82) is 0 Å². The summed E-state index contributed by atoms with van der Waals surface area (Å²) in [6.07, 6.45) is -4.21. The Labute approximate surface area is 138 Å². The lowest BCUT2D eigenvalue weighted by Crippen LogP contribution is -2.42. The number of alkyl halides is 3. The van der Waals surface area contributed by atoms with Crippen LogP contribution in [0.15, 0.2) is 21.5 Å². The van der Waals surface area contributed by atoms with Crippen molar-refractivity contribution in [3.63, 3.8) is 0 Å². The van der Waals surface area contributed by atoms with Gasteiger partial charge in [0.25, 0.3) is 0 Å². The van der Waals surface area contributed by atoms with Gasteiger partial charge in [-0.05, 0) is 46.0 Å². The molecule has 120 valence electrons. The summed E-state index contributed by atoms with van der Waals surface area (Å²) < 4.78 is 38.4. The van der Waals surface area contributed by atoms with Crippen molar-refractivity contribution in [3.05, 3.63) is 27.7 Å². The minimum atomic E-state index is -4.85. The van der Waals surface area contributed by atoms with Gasteiger partial charge < -0.3 is 4.90 Å². The van der Waals surface area contributed by atoms with Gasteiger partial charge in [0.15, 0.2) is 5.12 Å². The SMILES string of the molecule is CC(=O)Sc1c(Br)ccc2c1CCN(C(=O)C(F)(F)F)CC2. The lowest BCUT2D eigenvalue weighted by Gasteiger charge is -2.21. The molecule has 1 aromatic rings. The Morgan fingerprint density at radius 1 is 1.23 bits per heavy atom. The molecule has 3 nitrogen and oxygen atoms in total. The van der Waals surface area contributed by atoms with Crippen LogP contribution in [0.3, 0.4) is 0 Å². The highest BCUT2D eigenvalue weighted by Crippen LogP contribution is 2.35. The molecule has 1 aliphatic rings. The van der Waals surface area contributed by atoms with Crippen molar-refractivity contribution in [1.82, 2.24) is 4.90 Å². The number of amides is 1. The van der Waals surface area contributed by atoms with Crippen molar-refractivity contribution in [3.8, 4) is 0 Å². The molecule has 0 aliphatic carbocycles. The average Bonchev–Trinajstić information content (AvgIpc) is 2.62. The lowest BCUT2D eigenvalue weighted by molar-refractivity contribution is -0.185. The van der Waals surface area contributed by atoms with Gasteiger partial charge in [-0.25, -0.2) is 0 Å². The van der Waals surface area contributed by atoms with Gasteiger partial charge in [-0.3, -0.25) is 9.59 Å². The zero-order chi connectivity index (χ0) is 16.5. The van der Waals surface area contributed by atoms with Crippen molar-refractivity contribution in [2.24, 2.45) is 0 Å². The highest BCUT2D eigenvalue weighted by atomic mass is 79.9. The molecule has 0 fully saturated rings. The van der Waals surface area contributed by atoms with E-state index in [4.69, 9.17) is 0 Å². The third kappa shape index (κ3) is 3.84. The van der Waals surface area contributed by atoms with Crippen LogP contribution in [0.2, 0.25) is 0 Å². The fraction of sp³-hybridized carbons (Fsp3) is 0.429. The zero-order valence-corrected chi connectivity index (χ0v) is 14.1. The third-order valence-electron chi connectivity index (χ3n) is 3.37. The molecular weight excluding hydrogens is 383 g/mol. The minimum Gasteiger partial charge on any atom is -0.334 e. The molecule has 1 aliphatic heterocycles. The molecule has 0 bridgehead atoms. The summed E-state index contributed by atoms with van der Waals surface area (Å²) in [5.74, 6) is -1.81. The molecule has 0 atom stereocenters. The molecule has 0 unspecified atom stereocenters. The van der Waals surface area contributed by atoms with E-state index in [2.05, 4.69) is 15.9 Å². The van der Waals surface area contributed by atoms with E-state index in [-0.39, 0.29) is 18.2 Å². The number of benzene rings is 1. The minimum absolute atomic E-state index is 0.00669. The van der Waals surface area contributed by atoms with Crippen LogP contribution in [-0.2, 0) is 22.4 Å². The molecule has 0 spiro atoms. The largest absolute Gasteiger partial charge is 0.471 e. The predicted molar refractivity (Wildman–Crippen MR) is 80.7 cm³/mol. The molecule has 0 saturated heterocycles. The molecular formula is C14H13BrF3NO2S. The van der Waals surface area contributed by atoms with E-state index in [0.29, 0.717) is 12.8 Å². The van der Waals surface area contributed by atoms with Crippen LogP contribution in [0.1, 0.15) is 18.1 Å². The predicted octanol–water partition coefficient (Wildman–Crippen LogP) is 3.58. The normalized spacial score (nSPS) is 15.2. The highest BCUT2D eigenvalue weighted by molar-refractivity contribution is 9.10. The molecule has 1 heterocycles. The second-order valence-electron chi connectivity index (χ2n) is 4.90. The summed E-state index contributed by atoms with van der Waals surface area (Å²) in [5.41, 5.74) is 1.72. The van der Waals surface area contributed by atoms with Gasteiger partial charge in [0.05, 0.1) is 0 Å².